The summed E-state index contributed by atoms with van der Waals surface area (Å²) in [4.78, 5) is 15.3. The van der Waals surface area contributed by atoms with Gasteiger partial charge in [-0.15, -0.1) is 0 Å². The summed E-state index contributed by atoms with van der Waals surface area (Å²) in [6, 6.07) is 25.9. The van der Waals surface area contributed by atoms with Gasteiger partial charge in [-0.25, -0.2) is 0 Å². The Balaban J connectivity index is 2.15. The Hall–Kier alpha value is -2.85. The second-order valence-corrected chi connectivity index (χ2v) is 11.7. The van der Waals surface area contributed by atoms with E-state index in [0.717, 1.165) is 6.29 Å². The molecule has 3 rings (SSSR count). The van der Waals surface area contributed by atoms with Crippen LogP contribution < -0.4 is 25.4 Å². The zero-order valence-corrected chi connectivity index (χ0v) is 18.3. The molecular weight excluding hydrogens is 360 g/mol. The molecule has 0 aliphatic heterocycles. The fourth-order valence-corrected chi connectivity index (χ4v) is 7.08. The second-order valence-electron chi connectivity index (χ2n) is 7.75. The maximum atomic E-state index is 11.1. The van der Waals surface area contributed by atoms with Crippen LogP contribution in [0, 0.1) is 0 Å². The third-order valence-corrected chi connectivity index (χ3v) is 10.0. The van der Waals surface area contributed by atoms with Gasteiger partial charge >= 0.3 is 0 Å². The fraction of sp³-hybridized carbons (Fsp3) is 0.208. The quantitative estimate of drug-likeness (QED) is 0.369. The van der Waals surface area contributed by atoms with Crippen LogP contribution >= 0.6 is 0 Å². The van der Waals surface area contributed by atoms with Crippen LogP contribution in [0.3, 0.4) is 0 Å². The van der Waals surface area contributed by atoms with Crippen LogP contribution in [-0.4, -0.2) is 42.6 Å². The smallest absolute Gasteiger partial charge is 0.150 e. The number of nitrogens with zero attached hydrogens (tertiary/aromatic N) is 2. The summed E-state index contributed by atoms with van der Waals surface area (Å²) in [5.74, 6) is 0. The molecule has 3 nitrogen and oxygen atoms in total. The summed E-state index contributed by atoms with van der Waals surface area (Å²) < 4.78 is 0. The van der Waals surface area contributed by atoms with Gasteiger partial charge in [-0.05, 0) is 39.8 Å². The first-order chi connectivity index (χ1) is 13.4. The lowest BCUT2D eigenvalue weighted by molar-refractivity contribution is 0.112. The number of carbonyl (C=O) groups excluding carboxylic acids is 1. The first kappa shape index (κ1) is 19.9. The van der Waals surface area contributed by atoms with E-state index in [0.29, 0.717) is 5.56 Å². The highest BCUT2D eigenvalue weighted by Gasteiger charge is 2.34. The maximum absolute atomic E-state index is 11.1. The average Bonchev–Trinajstić information content (AvgIpc) is 2.73. The first-order valence-corrected chi connectivity index (χ1v) is 12.0. The van der Waals surface area contributed by atoms with Gasteiger partial charge in [0.05, 0.1) is 0 Å². The van der Waals surface area contributed by atoms with E-state index in [1.54, 1.807) is 0 Å². The molecule has 4 heteroatoms. The molecule has 0 bridgehead atoms. The van der Waals surface area contributed by atoms with Gasteiger partial charge in [-0.2, -0.15) is 0 Å². The minimum Gasteiger partial charge on any atom is -0.378 e. The molecule has 0 spiro atoms. The largest absolute Gasteiger partial charge is 0.378 e. The van der Waals surface area contributed by atoms with Crippen LogP contribution in [-0.2, 0) is 0 Å². The van der Waals surface area contributed by atoms with Crippen LogP contribution in [0.25, 0.3) is 0 Å². The van der Waals surface area contributed by atoms with Gasteiger partial charge < -0.3 is 9.80 Å². The molecule has 0 radical (unpaired) electrons. The number of benzene rings is 3. The maximum Gasteiger partial charge on any atom is 0.150 e. The summed E-state index contributed by atoms with van der Waals surface area (Å²) in [6.45, 7) is 2.39. The van der Waals surface area contributed by atoms with Gasteiger partial charge in [0.25, 0.3) is 0 Å². The predicted octanol–water partition coefficient (Wildman–Crippen LogP) is 2.73. The summed E-state index contributed by atoms with van der Waals surface area (Å²) in [7, 11) is 6.06. The molecule has 0 fully saturated rings. The van der Waals surface area contributed by atoms with Gasteiger partial charge in [-0.3, -0.25) is 4.79 Å². The van der Waals surface area contributed by atoms with Crippen molar-refractivity contribution in [3.63, 3.8) is 0 Å². The van der Waals surface area contributed by atoms with Crippen molar-refractivity contribution >= 4 is 41.3 Å². The van der Waals surface area contributed by atoms with E-state index in [9.17, 15) is 4.79 Å². The van der Waals surface area contributed by atoms with Gasteiger partial charge in [0.2, 0.25) is 0 Å². The molecule has 0 aliphatic carbocycles. The minimum absolute atomic E-state index is 0.714. The number of anilines is 2. The lowest BCUT2D eigenvalue weighted by atomic mass is 10.2. The normalized spacial score (nSPS) is 11.2. The molecule has 144 valence electrons. The number of hydrogen-bond donors (Lipinski definition) is 0. The monoisotopic (exact) mass is 388 g/mol. The topological polar surface area (TPSA) is 23.6 Å². The van der Waals surface area contributed by atoms with Crippen molar-refractivity contribution < 1.29 is 4.79 Å². The van der Waals surface area contributed by atoms with Crippen molar-refractivity contribution in [2.75, 3.05) is 38.0 Å². The Bertz CT molecular complexity index is 878. The molecule has 3 aromatic rings. The summed E-state index contributed by atoms with van der Waals surface area (Å²) in [5.41, 5.74) is 3.10. The highest BCUT2D eigenvalue weighted by molar-refractivity contribution is 7.10. The molecule has 0 N–H and O–H groups in total. The molecule has 0 aliphatic rings. The van der Waals surface area contributed by atoms with Crippen molar-refractivity contribution in [3.8, 4) is 0 Å². The number of aldehydes is 1. The SMILES string of the molecule is CN(C)c1ccc([Si](C)(c2ccc(C=O)cc2)c2ccc(N(C)C)cc2)cc1. The van der Waals surface area contributed by atoms with Crippen LogP contribution in [0.5, 0.6) is 0 Å². The molecule has 0 atom stereocenters. The average molecular weight is 389 g/mol. The molecule has 0 unspecified atom stereocenters. The molecular formula is C24H28N2OSi. The lowest BCUT2D eigenvalue weighted by Gasteiger charge is -2.30. The Morgan fingerprint density at radius 1 is 0.607 bits per heavy atom. The van der Waals surface area contributed by atoms with Crippen LogP contribution in [0.1, 0.15) is 10.4 Å². The van der Waals surface area contributed by atoms with Crippen LogP contribution in [0.15, 0.2) is 72.8 Å². The Morgan fingerprint density at radius 2 is 0.929 bits per heavy atom. The summed E-state index contributed by atoms with van der Waals surface area (Å²) in [6.07, 6.45) is 0.903. The second kappa shape index (κ2) is 8.03. The highest BCUT2D eigenvalue weighted by Crippen LogP contribution is 2.15. The fourth-order valence-electron chi connectivity index (χ4n) is 3.58. The Kier molecular flexibility index (Phi) is 5.70. The third kappa shape index (κ3) is 3.73. The van der Waals surface area contributed by atoms with Gasteiger partial charge in [-0.1, -0.05) is 55.1 Å². The first-order valence-electron chi connectivity index (χ1n) is 9.47. The Labute approximate surface area is 169 Å². The van der Waals surface area contributed by atoms with Crippen molar-refractivity contribution in [2.24, 2.45) is 0 Å². The van der Waals surface area contributed by atoms with E-state index in [4.69, 9.17) is 0 Å². The Morgan fingerprint density at radius 3 is 1.21 bits per heavy atom. The third-order valence-electron chi connectivity index (χ3n) is 5.55. The minimum atomic E-state index is -2.18. The van der Waals surface area contributed by atoms with Crippen LogP contribution in [0.2, 0.25) is 6.55 Å². The zero-order valence-electron chi connectivity index (χ0n) is 17.3. The standard InChI is InChI=1S/C24H28N2OSi/c1-25(2)20-8-14-23(15-9-20)28(5,22-12-6-19(18-27)7-13-22)24-16-10-21(11-17-24)26(3)4/h6-18H,1-5H3. The molecule has 0 aromatic heterocycles. The van der Waals surface area contributed by atoms with Gasteiger partial charge in [0, 0.05) is 45.1 Å². The molecule has 3 aromatic carbocycles. The van der Waals surface area contributed by atoms with Crippen molar-refractivity contribution in [2.45, 2.75) is 6.55 Å². The molecule has 0 heterocycles. The highest BCUT2D eigenvalue weighted by atomic mass is 28.3. The van der Waals surface area contributed by atoms with Crippen molar-refractivity contribution in [1.82, 2.24) is 0 Å². The van der Waals surface area contributed by atoms with E-state index in [-0.39, 0.29) is 0 Å². The molecule has 28 heavy (non-hydrogen) atoms. The van der Waals surface area contributed by atoms with E-state index in [1.807, 2.05) is 12.1 Å². The van der Waals surface area contributed by atoms with Crippen molar-refractivity contribution in [3.05, 3.63) is 78.4 Å². The summed E-state index contributed by atoms with van der Waals surface area (Å²) >= 11 is 0. The summed E-state index contributed by atoms with van der Waals surface area (Å²) in [5, 5.41) is 4.01. The van der Waals surface area contributed by atoms with E-state index >= 15 is 0 Å². The van der Waals surface area contributed by atoms with Gasteiger partial charge in [0.1, 0.15) is 14.4 Å². The van der Waals surface area contributed by atoms with Gasteiger partial charge in [0.15, 0.2) is 0 Å². The van der Waals surface area contributed by atoms with E-state index in [2.05, 4.69) is 105 Å². The van der Waals surface area contributed by atoms with E-state index in [1.165, 1.54) is 26.9 Å². The van der Waals surface area contributed by atoms with E-state index < -0.39 is 8.07 Å². The molecule has 0 saturated carbocycles. The number of carbonyl (C=O) groups is 1. The number of rotatable bonds is 6. The van der Waals surface area contributed by atoms with Crippen molar-refractivity contribution in [1.29, 1.82) is 0 Å². The molecule has 0 amide bonds. The lowest BCUT2D eigenvalue weighted by Crippen LogP contribution is -2.64. The zero-order chi connectivity index (χ0) is 20.3. The number of hydrogen-bond acceptors (Lipinski definition) is 3. The van der Waals surface area contributed by atoms with Crippen LogP contribution in [0.4, 0.5) is 11.4 Å². The molecule has 0 saturated heterocycles. The predicted molar refractivity (Wildman–Crippen MR) is 124 cm³/mol.